The van der Waals surface area contributed by atoms with Crippen LogP contribution in [0.3, 0.4) is 0 Å². The molecule has 2 N–H and O–H groups in total. The molecule has 8 heteroatoms. The molecule has 0 aromatic rings. The van der Waals surface area contributed by atoms with Gasteiger partial charge in [-0.15, -0.1) is 0 Å². The van der Waals surface area contributed by atoms with Gasteiger partial charge in [-0.25, -0.2) is 0 Å². The number of ether oxygens (including phenoxy) is 3. The van der Waals surface area contributed by atoms with Crippen molar-refractivity contribution in [1.29, 1.82) is 0 Å². The van der Waals surface area contributed by atoms with Crippen LogP contribution in [0.4, 0.5) is 0 Å². The van der Waals surface area contributed by atoms with E-state index in [4.69, 9.17) is 14.2 Å². The summed E-state index contributed by atoms with van der Waals surface area (Å²) in [5.41, 5.74) is -2.57. The van der Waals surface area contributed by atoms with E-state index in [1.54, 1.807) is 0 Å². The van der Waals surface area contributed by atoms with Gasteiger partial charge >= 0.3 is 11.9 Å². The van der Waals surface area contributed by atoms with Gasteiger partial charge in [-0.2, -0.15) is 0 Å². The van der Waals surface area contributed by atoms with Gasteiger partial charge in [0.25, 0.3) is 0 Å². The zero-order chi connectivity index (χ0) is 23.4. The molecular weight excluding hydrogens is 416 g/mol. The molecule has 6 aliphatic rings. The fraction of sp³-hybridized carbons (Fsp3) is 0.792. The summed E-state index contributed by atoms with van der Waals surface area (Å²) in [5, 5.41) is 23.6. The molecule has 2 spiro atoms. The van der Waals surface area contributed by atoms with E-state index in [0.717, 1.165) is 0 Å². The first-order chi connectivity index (χ1) is 14.8. The minimum absolute atomic E-state index is 0.00120. The van der Waals surface area contributed by atoms with Gasteiger partial charge in [-0.1, -0.05) is 20.4 Å². The molecule has 4 aliphatic carbocycles. The Hall–Kier alpha value is -1.77. The Kier molecular flexibility index (Phi) is 4.42. The highest BCUT2D eigenvalue weighted by Gasteiger charge is 2.86. The maximum Gasteiger partial charge on any atom is 0.302 e. The lowest BCUT2D eigenvalue weighted by molar-refractivity contribution is -0.455. The van der Waals surface area contributed by atoms with Gasteiger partial charge in [-0.05, 0) is 42.6 Å². The number of carbonyl (C=O) groups is 3. The first kappa shape index (κ1) is 22.0. The molecule has 2 aliphatic heterocycles. The third-order valence-electron chi connectivity index (χ3n) is 9.35. The summed E-state index contributed by atoms with van der Waals surface area (Å²) in [6.07, 6.45) is -0.844. The number of aliphatic hydroxyl groups is 2. The van der Waals surface area contributed by atoms with Gasteiger partial charge in [0.2, 0.25) is 5.79 Å². The van der Waals surface area contributed by atoms with Crippen molar-refractivity contribution < 1.29 is 38.8 Å². The lowest BCUT2D eigenvalue weighted by atomic mass is 9.35. The van der Waals surface area contributed by atoms with E-state index in [1.165, 1.54) is 13.8 Å². The third-order valence-corrected chi connectivity index (χ3v) is 9.35. The normalized spacial score (nSPS) is 50.4. The summed E-state index contributed by atoms with van der Waals surface area (Å²) >= 11 is 0. The molecule has 0 radical (unpaired) electrons. The average Bonchev–Trinajstić information content (AvgIpc) is 2.87. The summed E-state index contributed by atoms with van der Waals surface area (Å²) < 4.78 is 17.7. The molecule has 32 heavy (non-hydrogen) atoms. The number of allylic oxidation sites excluding steroid dienone is 1. The number of ketones is 1. The fourth-order valence-corrected chi connectivity index (χ4v) is 8.52. The van der Waals surface area contributed by atoms with Crippen molar-refractivity contribution in [3.05, 3.63) is 12.2 Å². The first-order valence-corrected chi connectivity index (χ1v) is 11.5. The third kappa shape index (κ3) is 2.31. The molecule has 4 saturated carbocycles. The number of esters is 2. The summed E-state index contributed by atoms with van der Waals surface area (Å²) in [7, 11) is 0. The molecule has 9 unspecified atom stereocenters. The Bertz CT molecular complexity index is 925. The van der Waals surface area contributed by atoms with Crippen LogP contribution in [-0.2, 0) is 28.6 Å². The van der Waals surface area contributed by atoms with Crippen molar-refractivity contribution >= 4 is 17.7 Å². The van der Waals surface area contributed by atoms with Crippen LogP contribution in [-0.4, -0.2) is 58.6 Å². The van der Waals surface area contributed by atoms with Crippen molar-refractivity contribution in [3.63, 3.8) is 0 Å². The molecule has 6 rings (SSSR count). The summed E-state index contributed by atoms with van der Waals surface area (Å²) in [5.74, 6) is -4.89. The van der Waals surface area contributed by atoms with Crippen LogP contribution in [0.25, 0.3) is 0 Å². The smallest absolute Gasteiger partial charge is 0.302 e. The van der Waals surface area contributed by atoms with Crippen LogP contribution in [0, 0.1) is 34.0 Å². The zero-order valence-corrected chi connectivity index (χ0v) is 19.1. The van der Waals surface area contributed by atoms with Gasteiger partial charge in [0.1, 0.15) is 18.3 Å². The van der Waals surface area contributed by atoms with E-state index in [-0.39, 0.29) is 24.7 Å². The molecule has 0 aromatic heterocycles. The van der Waals surface area contributed by atoms with Gasteiger partial charge < -0.3 is 24.4 Å². The molecule has 6 fully saturated rings. The maximum atomic E-state index is 13.8. The molecule has 176 valence electrons. The quantitative estimate of drug-likeness (QED) is 0.482. The Balaban J connectivity index is 1.80. The highest BCUT2D eigenvalue weighted by atomic mass is 16.6. The minimum Gasteiger partial charge on any atom is -0.462 e. The Morgan fingerprint density at radius 2 is 1.81 bits per heavy atom. The van der Waals surface area contributed by atoms with Crippen LogP contribution < -0.4 is 0 Å². The second-order valence-electron chi connectivity index (χ2n) is 11.2. The van der Waals surface area contributed by atoms with Gasteiger partial charge in [0.15, 0.2) is 5.78 Å². The Morgan fingerprint density at radius 3 is 2.44 bits per heavy atom. The molecule has 0 aromatic carbocycles. The van der Waals surface area contributed by atoms with Crippen LogP contribution in [0.5, 0.6) is 0 Å². The summed E-state index contributed by atoms with van der Waals surface area (Å²) in [4.78, 5) is 38.0. The average molecular weight is 449 g/mol. The Labute approximate surface area is 187 Å². The highest BCUT2D eigenvalue weighted by Crippen LogP contribution is 2.77. The van der Waals surface area contributed by atoms with Crippen molar-refractivity contribution in [1.82, 2.24) is 0 Å². The Morgan fingerprint density at radius 1 is 1.16 bits per heavy atom. The largest absolute Gasteiger partial charge is 0.462 e. The predicted molar refractivity (Wildman–Crippen MR) is 110 cm³/mol. The highest BCUT2D eigenvalue weighted by molar-refractivity contribution is 6.04. The van der Waals surface area contributed by atoms with Crippen LogP contribution in [0.1, 0.15) is 53.4 Å². The monoisotopic (exact) mass is 448 g/mol. The van der Waals surface area contributed by atoms with E-state index in [0.29, 0.717) is 24.8 Å². The van der Waals surface area contributed by atoms with Crippen molar-refractivity contribution in [2.75, 3.05) is 6.61 Å². The second-order valence-corrected chi connectivity index (χ2v) is 11.2. The molecule has 0 amide bonds. The minimum atomic E-state index is -2.13. The number of fused-ring (bicyclic) bond motifs is 2. The molecule has 9 atom stereocenters. The number of hydrogen-bond donors (Lipinski definition) is 2. The molecule has 2 saturated heterocycles. The van der Waals surface area contributed by atoms with E-state index in [9.17, 15) is 24.6 Å². The number of hydrogen-bond acceptors (Lipinski definition) is 8. The lowest BCUT2D eigenvalue weighted by Gasteiger charge is -2.74. The van der Waals surface area contributed by atoms with Crippen LogP contribution >= 0.6 is 0 Å². The summed E-state index contributed by atoms with van der Waals surface area (Å²) in [6.45, 7) is 10.7. The van der Waals surface area contributed by atoms with E-state index < -0.39 is 64.1 Å². The van der Waals surface area contributed by atoms with Crippen LogP contribution in [0.15, 0.2) is 12.2 Å². The lowest BCUT2D eigenvalue weighted by Crippen LogP contribution is -2.85. The van der Waals surface area contributed by atoms with E-state index >= 15 is 0 Å². The first-order valence-electron chi connectivity index (χ1n) is 11.5. The molecular formula is C24H32O8. The van der Waals surface area contributed by atoms with E-state index in [1.807, 2.05) is 13.8 Å². The number of aliphatic hydroxyl groups excluding tert-OH is 1. The van der Waals surface area contributed by atoms with Crippen molar-refractivity contribution in [3.8, 4) is 0 Å². The van der Waals surface area contributed by atoms with E-state index in [2.05, 4.69) is 6.58 Å². The standard InChI is InChI=1S/C24H32O8/c1-11-14-8-15(31-12(2)25)17-22-10-30-24(29,23(17,9-14)19(11)27)20(28)18(22)21(4,5)7-6-16(22)32-13(3)26/h14-18,20,28-29H,1,6-10H2,2-5H3. The second kappa shape index (κ2) is 6.42. The fourth-order valence-electron chi connectivity index (χ4n) is 8.52. The molecule has 4 bridgehead atoms. The van der Waals surface area contributed by atoms with Gasteiger partial charge in [0, 0.05) is 31.1 Å². The summed E-state index contributed by atoms with van der Waals surface area (Å²) in [6, 6.07) is 0. The van der Waals surface area contributed by atoms with Gasteiger partial charge in [0.05, 0.1) is 12.0 Å². The number of rotatable bonds is 2. The number of carbonyl (C=O) groups excluding carboxylic acids is 3. The van der Waals surface area contributed by atoms with Crippen molar-refractivity contribution in [2.45, 2.75) is 77.5 Å². The number of Topliss-reactive ketones (excluding diaryl/α,β-unsaturated/α-hetero) is 1. The predicted octanol–water partition coefficient (Wildman–Crippen LogP) is 1.52. The zero-order valence-electron chi connectivity index (χ0n) is 19.1. The van der Waals surface area contributed by atoms with Gasteiger partial charge in [-0.3, -0.25) is 14.4 Å². The topological polar surface area (TPSA) is 119 Å². The SMILES string of the molecule is C=C1C(=O)C23CC1CC(OC(C)=O)C2C12COC3(O)C(O)C1C(C)(C)CCC2OC(C)=O. The molecule has 8 nitrogen and oxygen atoms in total. The van der Waals surface area contributed by atoms with Crippen molar-refractivity contribution in [2.24, 2.45) is 34.0 Å². The molecule has 2 heterocycles. The van der Waals surface area contributed by atoms with Crippen LogP contribution in [0.2, 0.25) is 0 Å². The maximum absolute atomic E-state index is 13.8.